The van der Waals surface area contributed by atoms with Crippen LogP contribution in [-0.4, -0.2) is 69.9 Å². The van der Waals surface area contributed by atoms with Crippen molar-refractivity contribution in [2.45, 2.75) is 69.9 Å². The molecule has 11 nitrogen and oxygen atoms in total. The van der Waals surface area contributed by atoms with Crippen LogP contribution in [0.15, 0.2) is 28.1 Å². The number of aliphatic imine (C=N–C) groups is 1. The van der Waals surface area contributed by atoms with E-state index >= 15 is 0 Å². The van der Waals surface area contributed by atoms with Crippen LogP contribution < -0.4 is 21.3 Å². The number of carbonyl (C=O) groups excluding carboxylic acids is 2. The second-order valence-corrected chi connectivity index (χ2v) is 11.6. The molecule has 2 unspecified atom stereocenters. The Morgan fingerprint density at radius 2 is 2.11 bits per heavy atom. The van der Waals surface area contributed by atoms with E-state index in [0.717, 1.165) is 18.4 Å². The Morgan fingerprint density at radius 1 is 1.32 bits per heavy atom. The number of hydrogen-bond acceptors (Lipinski definition) is 8. The summed E-state index contributed by atoms with van der Waals surface area (Å²) in [5.74, 6) is 4.95. The third-order valence-electron chi connectivity index (χ3n) is 6.85. The van der Waals surface area contributed by atoms with E-state index in [1.54, 1.807) is 19.1 Å². The number of ether oxygens (including phenoxy) is 1. The van der Waals surface area contributed by atoms with Crippen molar-refractivity contribution in [2.24, 2.45) is 22.7 Å². The van der Waals surface area contributed by atoms with Crippen molar-refractivity contribution < 1.29 is 22.7 Å². The molecule has 5 N–H and O–H groups in total. The van der Waals surface area contributed by atoms with Crippen LogP contribution >= 0.6 is 0 Å². The van der Waals surface area contributed by atoms with Crippen LogP contribution in [0.4, 0.5) is 5.69 Å². The first kappa shape index (κ1) is 28.9. The van der Waals surface area contributed by atoms with Crippen LogP contribution in [0.2, 0.25) is 0 Å². The fourth-order valence-corrected chi connectivity index (χ4v) is 6.40. The highest BCUT2D eigenvalue weighted by atomic mass is 32.2. The molecule has 3 rings (SSSR count). The van der Waals surface area contributed by atoms with Crippen LogP contribution in [0.25, 0.3) is 0 Å². The summed E-state index contributed by atoms with van der Waals surface area (Å²) < 4.78 is 35.1. The van der Waals surface area contributed by atoms with Crippen molar-refractivity contribution >= 4 is 33.9 Å². The van der Waals surface area contributed by atoms with Crippen molar-refractivity contribution in [2.75, 3.05) is 31.6 Å². The normalized spacial score (nSPS) is 22.7. The zero-order valence-corrected chi connectivity index (χ0v) is 22.7. The van der Waals surface area contributed by atoms with Crippen LogP contribution in [0, 0.1) is 11.8 Å². The molecule has 0 saturated carbocycles. The zero-order chi connectivity index (χ0) is 27.0. The van der Waals surface area contributed by atoms with Crippen LogP contribution in [-0.2, 0) is 30.8 Å². The number of hydrazine groups is 1. The summed E-state index contributed by atoms with van der Waals surface area (Å²) in [4.78, 5) is 32.2. The van der Waals surface area contributed by atoms with Gasteiger partial charge in [0.15, 0.2) is 0 Å². The molecular weight excluding hydrogens is 496 g/mol. The lowest BCUT2D eigenvalue weighted by Crippen LogP contribution is -2.56. The summed E-state index contributed by atoms with van der Waals surface area (Å²) >= 11 is 0. The fourth-order valence-electron chi connectivity index (χ4n) is 4.95. The number of nitrogens with two attached hydrogens (primary N) is 1. The Morgan fingerprint density at radius 3 is 2.84 bits per heavy atom. The maximum Gasteiger partial charge on any atom is 0.328 e. The molecule has 1 saturated heterocycles. The number of rotatable bonds is 11. The van der Waals surface area contributed by atoms with Crippen molar-refractivity contribution in [3.63, 3.8) is 0 Å². The first-order chi connectivity index (χ1) is 17.7. The summed E-state index contributed by atoms with van der Waals surface area (Å²) in [5, 5.41) is 3.25. The van der Waals surface area contributed by atoms with Gasteiger partial charge in [-0.05, 0) is 62.5 Å². The van der Waals surface area contributed by atoms with Gasteiger partial charge in [0.2, 0.25) is 15.9 Å². The summed E-state index contributed by atoms with van der Waals surface area (Å²) in [5.41, 5.74) is 3.83. The van der Waals surface area contributed by atoms with Gasteiger partial charge in [-0.25, -0.2) is 19.1 Å². The molecule has 1 fully saturated rings. The highest BCUT2D eigenvalue weighted by Gasteiger charge is 2.40. The number of amides is 1. The molecule has 1 aromatic carbocycles. The van der Waals surface area contributed by atoms with Crippen molar-refractivity contribution in [1.82, 2.24) is 15.0 Å². The molecule has 0 spiro atoms. The van der Waals surface area contributed by atoms with Gasteiger partial charge in [0.05, 0.1) is 18.6 Å². The number of nitrogens with one attached hydrogen (secondary N) is 3. The molecule has 0 bridgehead atoms. The molecule has 37 heavy (non-hydrogen) atoms. The van der Waals surface area contributed by atoms with Crippen molar-refractivity contribution in [3.8, 4) is 0 Å². The quantitative estimate of drug-likeness (QED) is 0.0826. The van der Waals surface area contributed by atoms with Gasteiger partial charge in [0.1, 0.15) is 17.0 Å². The largest absolute Gasteiger partial charge is 0.464 e. The minimum Gasteiger partial charge on any atom is -0.464 e. The lowest BCUT2D eigenvalue weighted by molar-refractivity contribution is -0.158. The molecule has 0 radical (unpaired) electrons. The average molecular weight is 537 g/mol. The number of likely N-dealkylation sites (tertiary alicyclic amines) is 1. The van der Waals surface area contributed by atoms with E-state index in [4.69, 9.17) is 10.6 Å². The number of carbonyl (C=O) groups is 2. The lowest BCUT2D eigenvalue weighted by Gasteiger charge is -2.38. The lowest BCUT2D eigenvalue weighted by atomic mass is 9.91. The second-order valence-electron chi connectivity index (χ2n) is 9.93. The van der Waals surface area contributed by atoms with Crippen molar-refractivity contribution in [1.29, 1.82) is 0 Å². The topological polar surface area (TPSA) is 155 Å². The summed E-state index contributed by atoms with van der Waals surface area (Å²) in [7, 11) is -4.06. The molecule has 1 aromatic rings. The van der Waals surface area contributed by atoms with Crippen LogP contribution in [0.1, 0.15) is 52.0 Å². The second kappa shape index (κ2) is 13.2. The van der Waals surface area contributed by atoms with Gasteiger partial charge in [-0.2, -0.15) is 4.72 Å². The van der Waals surface area contributed by atoms with E-state index in [1.165, 1.54) is 11.2 Å². The first-order valence-electron chi connectivity index (χ1n) is 13.0. The molecule has 4 atom stereocenters. The maximum absolute atomic E-state index is 13.8. The van der Waals surface area contributed by atoms with Gasteiger partial charge < -0.3 is 20.4 Å². The fraction of sp³-hybridized carbons (Fsp3) is 0.640. The smallest absolute Gasteiger partial charge is 0.328 e. The highest BCUT2D eigenvalue weighted by molar-refractivity contribution is 7.89. The van der Waals surface area contributed by atoms with Gasteiger partial charge in [-0.15, -0.1) is 0 Å². The van der Waals surface area contributed by atoms with E-state index in [-0.39, 0.29) is 23.8 Å². The SMILES string of the molecule is CCOC(=O)[C@H]1C[C@H](C)CCN1C(=O)C(CCCN=CNN)NS(=O)(=O)c1cccc2c1NCC(C)C2. The van der Waals surface area contributed by atoms with Crippen molar-refractivity contribution in [3.05, 3.63) is 23.8 Å². The average Bonchev–Trinajstić information content (AvgIpc) is 2.87. The molecule has 0 aliphatic carbocycles. The Labute approximate surface area is 219 Å². The maximum atomic E-state index is 13.8. The number of piperidine rings is 1. The number of para-hydroxylation sites is 1. The molecular formula is C25H40N6O5S. The minimum absolute atomic E-state index is 0.120. The number of esters is 1. The number of hydrogen-bond donors (Lipinski definition) is 4. The van der Waals surface area contributed by atoms with Gasteiger partial charge in [0, 0.05) is 19.6 Å². The number of sulfonamides is 1. The Bertz CT molecular complexity index is 1080. The monoisotopic (exact) mass is 536 g/mol. The van der Waals surface area contributed by atoms with Gasteiger partial charge in [0.25, 0.3) is 0 Å². The minimum atomic E-state index is -4.06. The van der Waals surface area contributed by atoms with E-state index < -0.39 is 34.0 Å². The highest BCUT2D eigenvalue weighted by Crippen LogP contribution is 2.32. The standard InChI is InChI=1S/C25H40N6O5S/c1-4-36-25(33)21-14-17(2)10-12-31(21)24(32)20(8-6-11-27-16-29-26)30-37(34,35)22-9-5-7-19-13-18(3)15-28-23(19)22/h5,7,9,16-18,20-21,28,30H,4,6,8,10-15,26H2,1-3H3,(H,27,29)/t17-,18?,20?,21-/m1/s1. The van der Waals surface area contributed by atoms with E-state index in [9.17, 15) is 18.0 Å². The molecule has 2 aliphatic rings. The third kappa shape index (κ3) is 7.42. The van der Waals surface area contributed by atoms with E-state index in [0.29, 0.717) is 44.1 Å². The predicted octanol–water partition coefficient (Wildman–Crippen LogP) is 1.40. The molecule has 0 aromatic heterocycles. The Balaban J connectivity index is 1.88. The van der Waals surface area contributed by atoms with Gasteiger partial charge in [-0.3, -0.25) is 9.79 Å². The molecule has 2 heterocycles. The molecule has 206 valence electrons. The number of nitrogens with zero attached hydrogens (tertiary/aromatic N) is 2. The number of anilines is 1. The third-order valence-corrected chi connectivity index (χ3v) is 8.36. The summed E-state index contributed by atoms with van der Waals surface area (Å²) in [6.07, 6.45) is 3.96. The van der Waals surface area contributed by atoms with Gasteiger partial charge >= 0.3 is 5.97 Å². The van der Waals surface area contributed by atoms with Gasteiger partial charge in [-0.1, -0.05) is 26.0 Å². The Kier molecular flexibility index (Phi) is 10.3. The first-order valence-corrected chi connectivity index (χ1v) is 14.5. The summed E-state index contributed by atoms with van der Waals surface area (Å²) in [6, 6.07) is 3.39. The number of fused-ring (bicyclic) bond motifs is 1. The van der Waals surface area contributed by atoms with Crippen LogP contribution in [0.3, 0.4) is 0 Å². The Hall–Kier alpha value is -2.70. The summed E-state index contributed by atoms with van der Waals surface area (Å²) in [6.45, 7) is 7.45. The number of benzene rings is 1. The molecule has 1 amide bonds. The molecule has 12 heteroatoms. The van der Waals surface area contributed by atoms with Crippen LogP contribution in [0.5, 0.6) is 0 Å². The van der Waals surface area contributed by atoms with E-state index in [1.807, 2.05) is 13.0 Å². The predicted molar refractivity (Wildman–Crippen MR) is 142 cm³/mol. The van der Waals surface area contributed by atoms with E-state index in [2.05, 4.69) is 27.4 Å². The molecule has 2 aliphatic heterocycles. The zero-order valence-electron chi connectivity index (χ0n) is 21.9.